The Morgan fingerprint density at radius 3 is 2.62 bits per heavy atom. The number of benzene rings is 1. The minimum Gasteiger partial charge on any atom is -0.350 e. The predicted molar refractivity (Wildman–Crippen MR) is 95.0 cm³/mol. The summed E-state index contributed by atoms with van der Waals surface area (Å²) in [5.74, 6) is -0.0988. The molecule has 1 aromatic carbocycles. The number of carbonyl (C=O) groups is 3. The van der Waals surface area contributed by atoms with Crippen molar-refractivity contribution in [1.82, 2.24) is 10.6 Å². The molecule has 0 aromatic heterocycles. The molecule has 1 aromatic rings. The number of nitrogens with zero attached hydrogens (tertiary/aromatic N) is 1. The molecule has 2 rings (SSSR count). The van der Waals surface area contributed by atoms with E-state index in [0.717, 1.165) is 10.6 Å². The molecular formula is C17H23N3O3S. The summed E-state index contributed by atoms with van der Waals surface area (Å²) in [5.41, 5.74) is 0.515. The third-order valence-corrected chi connectivity index (χ3v) is 4.38. The molecule has 1 heterocycles. The lowest BCUT2D eigenvalue weighted by molar-refractivity contribution is -0.126. The molecule has 0 atom stereocenters. The van der Waals surface area contributed by atoms with Crippen LogP contribution in [0.3, 0.4) is 0 Å². The van der Waals surface area contributed by atoms with Crippen molar-refractivity contribution in [3.05, 3.63) is 24.3 Å². The van der Waals surface area contributed by atoms with E-state index in [1.165, 1.54) is 11.8 Å². The number of rotatable bonds is 5. The highest BCUT2D eigenvalue weighted by Gasteiger charge is 2.24. The fourth-order valence-corrected chi connectivity index (χ4v) is 3.28. The van der Waals surface area contributed by atoms with Gasteiger partial charge in [-0.3, -0.25) is 14.4 Å². The molecular weight excluding hydrogens is 326 g/mol. The minimum atomic E-state index is -0.330. The van der Waals surface area contributed by atoms with Crippen LogP contribution in [-0.2, 0) is 14.4 Å². The first-order valence-electron chi connectivity index (χ1n) is 7.86. The van der Waals surface area contributed by atoms with Gasteiger partial charge in [0.1, 0.15) is 0 Å². The zero-order valence-corrected chi connectivity index (χ0v) is 15.0. The first kappa shape index (κ1) is 18.3. The Bertz CT molecular complexity index is 640. The van der Waals surface area contributed by atoms with E-state index in [1.807, 2.05) is 45.0 Å². The van der Waals surface area contributed by atoms with Gasteiger partial charge in [0.2, 0.25) is 17.7 Å². The lowest BCUT2D eigenvalue weighted by Crippen LogP contribution is -2.46. The van der Waals surface area contributed by atoms with Crippen LogP contribution < -0.4 is 15.5 Å². The Hall–Kier alpha value is -2.02. The minimum absolute atomic E-state index is 0.00280. The average molecular weight is 349 g/mol. The largest absolute Gasteiger partial charge is 0.350 e. The van der Waals surface area contributed by atoms with E-state index < -0.39 is 0 Å². The van der Waals surface area contributed by atoms with Gasteiger partial charge in [-0.15, -0.1) is 11.8 Å². The Morgan fingerprint density at radius 1 is 1.21 bits per heavy atom. The Balaban J connectivity index is 1.84. The smallest absolute Gasteiger partial charge is 0.239 e. The van der Waals surface area contributed by atoms with E-state index in [-0.39, 0.29) is 36.2 Å². The number of hydrogen-bond acceptors (Lipinski definition) is 4. The number of hydrogen-bond donors (Lipinski definition) is 2. The maximum Gasteiger partial charge on any atom is 0.239 e. The molecule has 6 nitrogen and oxygen atoms in total. The van der Waals surface area contributed by atoms with Gasteiger partial charge in [0.15, 0.2) is 0 Å². The van der Waals surface area contributed by atoms with Crippen LogP contribution in [0.1, 0.15) is 27.2 Å². The van der Waals surface area contributed by atoms with Gasteiger partial charge in [0.05, 0.1) is 18.0 Å². The summed E-state index contributed by atoms with van der Waals surface area (Å²) in [5, 5.41) is 5.37. The second-order valence-electron chi connectivity index (χ2n) is 6.63. The quantitative estimate of drug-likeness (QED) is 0.845. The van der Waals surface area contributed by atoms with Crippen LogP contribution >= 0.6 is 11.8 Å². The zero-order valence-electron chi connectivity index (χ0n) is 14.2. The second kappa shape index (κ2) is 7.70. The number of thioether (sulfide) groups is 1. The highest BCUT2D eigenvalue weighted by molar-refractivity contribution is 8.00. The lowest BCUT2D eigenvalue weighted by atomic mass is 10.1. The Labute approximate surface area is 146 Å². The summed E-state index contributed by atoms with van der Waals surface area (Å²) in [6.07, 6.45) is 0.160. The molecule has 0 bridgehead atoms. The molecule has 0 fully saturated rings. The molecule has 1 aliphatic rings. The van der Waals surface area contributed by atoms with Crippen LogP contribution in [0.15, 0.2) is 29.2 Å². The number of nitrogens with one attached hydrogen (secondary N) is 2. The molecule has 0 unspecified atom stereocenters. The number of fused-ring (bicyclic) bond motifs is 1. The van der Waals surface area contributed by atoms with Crippen molar-refractivity contribution < 1.29 is 14.4 Å². The van der Waals surface area contributed by atoms with E-state index in [9.17, 15) is 14.4 Å². The summed E-state index contributed by atoms with van der Waals surface area (Å²) in [6.45, 7) is 5.89. The predicted octanol–water partition coefficient (Wildman–Crippen LogP) is 1.55. The third kappa shape index (κ3) is 5.26. The van der Waals surface area contributed by atoms with Crippen LogP contribution in [-0.4, -0.2) is 42.1 Å². The van der Waals surface area contributed by atoms with Gasteiger partial charge in [0.25, 0.3) is 0 Å². The highest BCUT2D eigenvalue weighted by atomic mass is 32.2. The summed E-state index contributed by atoms with van der Waals surface area (Å²) < 4.78 is 0. The molecule has 0 radical (unpaired) electrons. The van der Waals surface area contributed by atoms with Crippen molar-refractivity contribution in [3.8, 4) is 0 Å². The van der Waals surface area contributed by atoms with Gasteiger partial charge < -0.3 is 15.5 Å². The molecule has 1 aliphatic heterocycles. The number of anilines is 1. The van der Waals surface area contributed by atoms with Crippen LogP contribution in [0.5, 0.6) is 0 Å². The fourth-order valence-electron chi connectivity index (χ4n) is 2.34. The zero-order chi connectivity index (χ0) is 17.7. The summed E-state index contributed by atoms with van der Waals surface area (Å²) in [6, 6.07) is 7.66. The maximum atomic E-state index is 12.1. The SMILES string of the molecule is CC(C)(C)NC(=O)CNC(=O)CCN1C(=O)CSc2ccccc21. The van der Waals surface area contributed by atoms with Gasteiger partial charge in [-0.1, -0.05) is 12.1 Å². The lowest BCUT2D eigenvalue weighted by Gasteiger charge is -2.28. The molecule has 7 heteroatoms. The van der Waals surface area contributed by atoms with Crippen molar-refractivity contribution in [3.63, 3.8) is 0 Å². The van der Waals surface area contributed by atoms with Gasteiger partial charge >= 0.3 is 0 Å². The molecule has 130 valence electrons. The topological polar surface area (TPSA) is 78.5 Å². The molecule has 0 spiro atoms. The third-order valence-electron chi connectivity index (χ3n) is 3.33. The monoisotopic (exact) mass is 349 g/mol. The van der Waals surface area contributed by atoms with Crippen molar-refractivity contribution in [2.75, 3.05) is 23.7 Å². The van der Waals surface area contributed by atoms with Crippen molar-refractivity contribution in [2.45, 2.75) is 37.6 Å². The molecule has 0 saturated carbocycles. The molecule has 3 amide bonds. The van der Waals surface area contributed by atoms with Crippen LogP contribution in [0.4, 0.5) is 5.69 Å². The maximum absolute atomic E-state index is 12.1. The molecule has 24 heavy (non-hydrogen) atoms. The van der Waals surface area contributed by atoms with Crippen LogP contribution in [0.2, 0.25) is 0 Å². The number of carbonyl (C=O) groups excluding carboxylic acids is 3. The van der Waals surface area contributed by atoms with Crippen molar-refractivity contribution >= 4 is 35.2 Å². The molecule has 0 saturated heterocycles. The number of para-hydroxylation sites is 1. The first-order chi connectivity index (χ1) is 11.3. The molecule has 2 N–H and O–H groups in total. The standard InChI is InChI=1S/C17H23N3O3S/c1-17(2,3)19-15(22)10-18-14(21)8-9-20-12-6-4-5-7-13(12)24-11-16(20)23/h4-7H,8-11H2,1-3H3,(H,18,21)(H,19,22). The van der Waals surface area contributed by atoms with Gasteiger partial charge in [-0.25, -0.2) is 0 Å². The van der Waals surface area contributed by atoms with E-state index in [4.69, 9.17) is 0 Å². The summed E-state index contributed by atoms with van der Waals surface area (Å²) >= 11 is 1.51. The summed E-state index contributed by atoms with van der Waals surface area (Å²) in [4.78, 5) is 38.4. The van der Waals surface area contributed by atoms with Gasteiger partial charge in [-0.05, 0) is 32.9 Å². The van der Waals surface area contributed by atoms with E-state index in [1.54, 1.807) is 4.90 Å². The first-order valence-corrected chi connectivity index (χ1v) is 8.85. The number of amides is 3. The van der Waals surface area contributed by atoms with E-state index >= 15 is 0 Å². The normalized spacial score (nSPS) is 14.1. The van der Waals surface area contributed by atoms with Crippen LogP contribution in [0.25, 0.3) is 0 Å². The second-order valence-corrected chi connectivity index (χ2v) is 7.64. The Kier molecular flexibility index (Phi) is 5.88. The summed E-state index contributed by atoms with van der Waals surface area (Å²) in [7, 11) is 0. The van der Waals surface area contributed by atoms with Gasteiger partial charge in [-0.2, -0.15) is 0 Å². The Morgan fingerprint density at radius 2 is 1.92 bits per heavy atom. The fraction of sp³-hybridized carbons (Fsp3) is 0.471. The van der Waals surface area contributed by atoms with Gasteiger partial charge in [0, 0.05) is 23.4 Å². The highest BCUT2D eigenvalue weighted by Crippen LogP contribution is 2.34. The van der Waals surface area contributed by atoms with E-state index in [0.29, 0.717) is 12.3 Å². The average Bonchev–Trinajstić information content (AvgIpc) is 2.50. The molecule has 0 aliphatic carbocycles. The van der Waals surface area contributed by atoms with Crippen molar-refractivity contribution in [1.29, 1.82) is 0 Å². The van der Waals surface area contributed by atoms with Crippen molar-refractivity contribution in [2.24, 2.45) is 0 Å². The van der Waals surface area contributed by atoms with Crippen LogP contribution in [0, 0.1) is 0 Å². The van der Waals surface area contributed by atoms with E-state index in [2.05, 4.69) is 10.6 Å².